The predicted octanol–water partition coefficient (Wildman–Crippen LogP) is 3.98. The first-order valence-corrected chi connectivity index (χ1v) is 8.25. The van der Waals surface area contributed by atoms with E-state index < -0.39 is 0 Å². The first-order chi connectivity index (χ1) is 9.66. The minimum Gasteiger partial charge on any atom is -0.371 e. The fourth-order valence-corrected chi connectivity index (χ4v) is 3.21. The minimum atomic E-state index is 0.348. The highest BCUT2D eigenvalue weighted by Crippen LogP contribution is 2.27. The van der Waals surface area contributed by atoms with Gasteiger partial charge in [0.1, 0.15) is 0 Å². The van der Waals surface area contributed by atoms with Crippen molar-refractivity contribution in [1.82, 2.24) is 0 Å². The van der Waals surface area contributed by atoms with Crippen molar-refractivity contribution < 1.29 is 0 Å². The number of hydrogen-bond acceptors (Lipinski definition) is 2. The summed E-state index contributed by atoms with van der Waals surface area (Å²) in [5.74, 6) is 0.750. The van der Waals surface area contributed by atoms with Gasteiger partial charge in [-0.1, -0.05) is 31.5 Å². The molecule has 0 saturated heterocycles. The van der Waals surface area contributed by atoms with E-state index >= 15 is 0 Å². The molecule has 0 amide bonds. The molecule has 0 aromatic heterocycles. The summed E-state index contributed by atoms with van der Waals surface area (Å²) in [5.41, 5.74) is 8.85. The Labute approximate surface area is 124 Å². The number of rotatable bonds is 6. The molecule has 0 aliphatic carbocycles. The zero-order valence-corrected chi connectivity index (χ0v) is 13.1. The highest BCUT2D eigenvalue weighted by atomic mass is 15.1. The Morgan fingerprint density at radius 1 is 1.15 bits per heavy atom. The van der Waals surface area contributed by atoms with Gasteiger partial charge in [0.15, 0.2) is 0 Å². The second kappa shape index (κ2) is 7.68. The van der Waals surface area contributed by atoms with Gasteiger partial charge in [0, 0.05) is 24.8 Å². The number of para-hydroxylation sites is 1. The average molecular weight is 274 g/mol. The maximum atomic E-state index is 5.84. The van der Waals surface area contributed by atoms with Gasteiger partial charge >= 0.3 is 0 Å². The smallest absolute Gasteiger partial charge is 0.0398 e. The van der Waals surface area contributed by atoms with Crippen LogP contribution in [0.2, 0.25) is 0 Å². The topological polar surface area (TPSA) is 29.3 Å². The van der Waals surface area contributed by atoms with Crippen LogP contribution in [0.15, 0.2) is 24.3 Å². The molecule has 2 atom stereocenters. The normalized spacial score (nSPS) is 18.2. The van der Waals surface area contributed by atoms with Crippen LogP contribution in [0, 0.1) is 5.92 Å². The molecule has 2 rings (SSSR count). The van der Waals surface area contributed by atoms with Gasteiger partial charge in [-0.05, 0) is 56.6 Å². The molecule has 2 N–H and O–H groups in total. The molecule has 0 fully saturated rings. The summed E-state index contributed by atoms with van der Waals surface area (Å²) in [5, 5.41) is 0. The third-order valence-electron chi connectivity index (χ3n) is 4.34. The molecule has 2 unspecified atom stereocenters. The lowest BCUT2D eigenvalue weighted by Crippen LogP contribution is -2.29. The first-order valence-electron chi connectivity index (χ1n) is 8.25. The van der Waals surface area contributed by atoms with E-state index in [1.165, 1.54) is 56.4 Å². The predicted molar refractivity (Wildman–Crippen MR) is 88.3 cm³/mol. The summed E-state index contributed by atoms with van der Waals surface area (Å²) in [4.78, 5) is 2.61. The lowest BCUT2D eigenvalue weighted by atomic mass is 10.0. The molecule has 0 radical (unpaired) electrons. The summed E-state index contributed by atoms with van der Waals surface area (Å²) in [6.45, 7) is 6.90. The fourth-order valence-electron chi connectivity index (χ4n) is 3.21. The molecule has 0 spiro atoms. The Kier molecular flexibility index (Phi) is 5.90. The number of nitrogens with two attached hydrogens (primary N) is 1. The minimum absolute atomic E-state index is 0.348. The number of anilines is 1. The van der Waals surface area contributed by atoms with Gasteiger partial charge in [-0.3, -0.25) is 0 Å². The lowest BCUT2D eigenvalue weighted by molar-refractivity contribution is 0.472. The Bertz CT molecular complexity index is 400. The first kappa shape index (κ1) is 15.4. The van der Waals surface area contributed by atoms with E-state index in [0.29, 0.717) is 6.04 Å². The van der Waals surface area contributed by atoms with Crippen molar-refractivity contribution in [3.8, 4) is 0 Å². The van der Waals surface area contributed by atoms with Crippen LogP contribution in [0.3, 0.4) is 0 Å². The van der Waals surface area contributed by atoms with Gasteiger partial charge in [-0.15, -0.1) is 0 Å². The van der Waals surface area contributed by atoms with E-state index in [0.717, 1.165) is 12.3 Å². The number of fused-ring (bicyclic) bond motifs is 1. The van der Waals surface area contributed by atoms with Gasteiger partial charge < -0.3 is 10.6 Å². The van der Waals surface area contributed by atoms with Gasteiger partial charge in [0.25, 0.3) is 0 Å². The van der Waals surface area contributed by atoms with Crippen molar-refractivity contribution >= 4 is 5.69 Å². The maximum Gasteiger partial charge on any atom is 0.0398 e. The van der Waals surface area contributed by atoms with E-state index in [9.17, 15) is 0 Å². The maximum absolute atomic E-state index is 5.84. The molecule has 2 heteroatoms. The molecular formula is C18H30N2. The van der Waals surface area contributed by atoms with Crippen LogP contribution in [0.4, 0.5) is 5.69 Å². The fraction of sp³-hybridized carbons (Fsp3) is 0.667. The second-order valence-corrected chi connectivity index (χ2v) is 6.55. The van der Waals surface area contributed by atoms with Gasteiger partial charge in [0.2, 0.25) is 0 Å². The highest BCUT2D eigenvalue weighted by molar-refractivity contribution is 5.54. The lowest BCUT2D eigenvalue weighted by Gasteiger charge is -2.28. The van der Waals surface area contributed by atoms with E-state index in [-0.39, 0.29) is 0 Å². The summed E-state index contributed by atoms with van der Waals surface area (Å²) in [7, 11) is 0. The quantitative estimate of drug-likeness (QED) is 0.850. The molecular weight excluding hydrogens is 244 g/mol. The molecule has 1 aromatic rings. The van der Waals surface area contributed by atoms with Crippen LogP contribution in [-0.2, 0) is 6.42 Å². The van der Waals surface area contributed by atoms with Crippen molar-refractivity contribution in [3.63, 3.8) is 0 Å². The van der Waals surface area contributed by atoms with E-state index in [1.807, 2.05) is 0 Å². The highest BCUT2D eigenvalue weighted by Gasteiger charge is 2.16. The van der Waals surface area contributed by atoms with Crippen molar-refractivity contribution in [1.29, 1.82) is 0 Å². The Balaban J connectivity index is 1.91. The van der Waals surface area contributed by atoms with Crippen molar-refractivity contribution in [3.05, 3.63) is 29.8 Å². The van der Waals surface area contributed by atoms with Crippen LogP contribution in [0.5, 0.6) is 0 Å². The standard InChI is InChI=1S/C18H30N2/c1-15(8-7-9-16(2)19)14-20-13-6-5-11-17-10-3-4-12-18(17)20/h3-4,10,12,15-16H,5-9,11,13-14,19H2,1-2H3. The van der Waals surface area contributed by atoms with E-state index in [1.54, 1.807) is 0 Å². The monoisotopic (exact) mass is 274 g/mol. The van der Waals surface area contributed by atoms with Crippen LogP contribution >= 0.6 is 0 Å². The SMILES string of the molecule is CC(N)CCCC(C)CN1CCCCc2ccccc21. The van der Waals surface area contributed by atoms with Gasteiger partial charge in [-0.2, -0.15) is 0 Å². The van der Waals surface area contributed by atoms with Gasteiger partial charge in [0.05, 0.1) is 0 Å². The number of hydrogen-bond donors (Lipinski definition) is 1. The van der Waals surface area contributed by atoms with Gasteiger partial charge in [-0.25, -0.2) is 0 Å². The molecule has 1 aliphatic rings. The van der Waals surface area contributed by atoms with Crippen LogP contribution in [0.1, 0.15) is 51.5 Å². The molecule has 20 heavy (non-hydrogen) atoms. The number of nitrogens with zero attached hydrogens (tertiary/aromatic N) is 1. The Morgan fingerprint density at radius 2 is 1.95 bits per heavy atom. The summed E-state index contributed by atoms with van der Waals surface area (Å²) in [6.07, 6.45) is 7.59. The third kappa shape index (κ3) is 4.52. The molecule has 2 nitrogen and oxygen atoms in total. The molecule has 1 aliphatic heterocycles. The third-order valence-corrected chi connectivity index (χ3v) is 4.34. The molecule has 112 valence electrons. The molecule has 0 bridgehead atoms. The van der Waals surface area contributed by atoms with E-state index in [4.69, 9.17) is 5.73 Å². The summed E-state index contributed by atoms with van der Waals surface area (Å²) < 4.78 is 0. The molecule has 1 heterocycles. The zero-order chi connectivity index (χ0) is 14.4. The number of aryl methyl sites for hydroxylation is 1. The summed E-state index contributed by atoms with van der Waals surface area (Å²) >= 11 is 0. The van der Waals surface area contributed by atoms with E-state index in [2.05, 4.69) is 43.0 Å². The van der Waals surface area contributed by atoms with Crippen LogP contribution < -0.4 is 10.6 Å². The Hall–Kier alpha value is -1.02. The van der Waals surface area contributed by atoms with Crippen molar-refractivity contribution in [2.75, 3.05) is 18.0 Å². The molecule has 1 aromatic carbocycles. The summed E-state index contributed by atoms with van der Waals surface area (Å²) in [6, 6.07) is 9.30. The zero-order valence-electron chi connectivity index (χ0n) is 13.1. The molecule has 0 saturated carbocycles. The average Bonchev–Trinajstić information content (AvgIpc) is 2.61. The van der Waals surface area contributed by atoms with Crippen LogP contribution in [-0.4, -0.2) is 19.1 Å². The number of benzene rings is 1. The van der Waals surface area contributed by atoms with Crippen molar-refractivity contribution in [2.24, 2.45) is 11.7 Å². The van der Waals surface area contributed by atoms with Crippen molar-refractivity contribution in [2.45, 2.75) is 58.4 Å². The van der Waals surface area contributed by atoms with Crippen LogP contribution in [0.25, 0.3) is 0 Å². The second-order valence-electron chi connectivity index (χ2n) is 6.55. The largest absolute Gasteiger partial charge is 0.371 e. The Morgan fingerprint density at radius 3 is 2.75 bits per heavy atom.